The number of hydrogen-bond acceptors (Lipinski definition) is 2. The van der Waals surface area contributed by atoms with E-state index in [4.69, 9.17) is 4.42 Å². The van der Waals surface area contributed by atoms with Gasteiger partial charge in [0, 0.05) is 6.04 Å². The average Bonchev–Trinajstić information content (AvgIpc) is 2.67. The molecule has 1 N–H and O–H groups in total. The molecule has 0 aliphatic heterocycles. The van der Waals surface area contributed by atoms with Crippen LogP contribution in [0, 0.1) is 11.3 Å². The molecule has 0 saturated heterocycles. The van der Waals surface area contributed by atoms with E-state index in [1.165, 1.54) is 18.4 Å². The van der Waals surface area contributed by atoms with Gasteiger partial charge >= 0.3 is 0 Å². The molecular formula is C16H29NO. The van der Waals surface area contributed by atoms with Crippen molar-refractivity contribution in [2.75, 3.05) is 6.54 Å². The Morgan fingerprint density at radius 3 is 2.56 bits per heavy atom. The molecule has 0 amide bonds. The fraction of sp³-hybridized carbons (Fsp3) is 0.750. The van der Waals surface area contributed by atoms with Gasteiger partial charge in [-0.3, -0.25) is 0 Å². The Morgan fingerprint density at radius 2 is 2.06 bits per heavy atom. The van der Waals surface area contributed by atoms with Crippen LogP contribution in [0.15, 0.2) is 23.0 Å². The Labute approximate surface area is 112 Å². The fourth-order valence-electron chi connectivity index (χ4n) is 2.84. The molecule has 1 aromatic heterocycles. The maximum absolute atomic E-state index is 5.15. The molecule has 0 aliphatic rings. The molecule has 0 aliphatic carbocycles. The van der Waals surface area contributed by atoms with E-state index in [-0.39, 0.29) is 0 Å². The van der Waals surface area contributed by atoms with E-state index in [2.05, 4.69) is 46.0 Å². The lowest BCUT2D eigenvalue weighted by Gasteiger charge is -2.27. The predicted octanol–water partition coefficient (Wildman–Crippen LogP) is 4.26. The van der Waals surface area contributed by atoms with Crippen LogP contribution in [0.1, 0.15) is 53.0 Å². The van der Waals surface area contributed by atoms with Gasteiger partial charge in [0.15, 0.2) is 0 Å². The number of rotatable bonds is 7. The van der Waals surface area contributed by atoms with E-state index < -0.39 is 0 Å². The molecule has 2 nitrogen and oxygen atoms in total. The normalized spacial score (nSPS) is 15.6. The lowest BCUT2D eigenvalue weighted by Crippen LogP contribution is -2.33. The predicted molar refractivity (Wildman–Crippen MR) is 77.7 cm³/mol. The molecule has 0 saturated carbocycles. The summed E-state index contributed by atoms with van der Waals surface area (Å²) >= 11 is 0. The minimum absolute atomic E-state index is 0.422. The summed E-state index contributed by atoms with van der Waals surface area (Å²) in [5, 5.41) is 3.60. The van der Waals surface area contributed by atoms with Gasteiger partial charge in [-0.1, -0.05) is 34.6 Å². The van der Waals surface area contributed by atoms with E-state index in [9.17, 15) is 0 Å². The maximum atomic E-state index is 5.15. The van der Waals surface area contributed by atoms with Crippen LogP contribution in [-0.2, 0) is 6.42 Å². The SMILES string of the molecule is CCNC(Cc1ccoc1)CC(C)CC(C)(C)C. The lowest BCUT2D eigenvalue weighted by molar-refractivity contribution is 0.275. The Kier molecular flexibility index (Phi) is 5.94. The molecule has 0 fully saturated rings. The van der Waals surface area contributed by atoms with Crippen molar-refractivity contribution >= 4 is 0 Å². The summed E-state index contributed by atoms with van der Waals surface area (Å²) in [6.07, 6.45) is 7.20. The van der Waals surface area contributed by atoms with E-state index >= 15 is 0 Å². The van der Waals surface area contributed by atoms with Gasteiger partial charge in [0.1, 0.15) is 0 Å². The Balaban J connectivity index is 2.46. The summed E-state index contributed by atoms with van der Waals surface area (Å²) in [6, 6.07) is 2.63. The highest BCUT2D eigenvalue weighted by Gasteiger charge is 2.19. The highest BCUT2D eigenvalue weighted by atomic mass is 16.3. The Bertz CT molecular complexity index is 310. The lowest BCUT2D eigenvalue weighted by atomic mass is 9.82. The van der Waals surface area contributed by atoms with Gasteiger partial charge in [0.05, 0.1) is 12.5 Å². The van der Waals surface area contributed by atoms with Crippen molar-refractivity contribution in [2.24, 2.45) is 11.3 Å². The molecule has 0 bridgehead atoms. The smallest absolute Gasteiger partial charge is 0.0935 e. The van der Waals surface area contributed by atoms with E-state index in [0.29, 0.717) is 11.5 Å². The number of furan rings is 1. The van der Waals surface area contributed by atoms with Gasteiger partial charge in [-0.05, 0) is 48.8 Å². The van der Waals surface area contributed by atoms with Crippen LogP contribution < -0.4 is 5.32 Å². The summed E-state index contributed by atoms with van der Waals surface area (Å²) in [5.74, 6) is 0.751. The largest absolute Gasteiger partial charge is 0.472 e. The van der Waals surface area contributed by atoms with Gasteiger partial charge in [-0.25, -0.2) is 0 Å². The zero-order valence-corrected chi connectivity index (χ0v) is 12.6. The highest BCUT2D eigenvalue weighted by molar-refractivity contribution is 5.07. The molecule has 0 aromatic carbocycles. The van der Waals surface area contributed by atoms with E-state index in [0.717, 1.165) is 18.9 Å². The van der Waals surface area contributed by atoms with Crippen LogP contribution in [0.5, 0.6) is 0 Å². The number of nitrogens with one attached hydrogen (secondary N) is 1. The van der Waals surface area contributed by atoms with Crippen LogP contribution >= 0.6 is 0 Å². The minimum atomic E-state index is 0.422. The van der Waals surface area contributed by atoms with Crippen molar-refractivity contribution < 1.29 is 4.42 Å². The quantitative estimate of drug-likeness (QED) is 0.783. The van der Waals surface area contributed by atoms with Gasteiger partial charge in [0.25, 0.3) is 0 Å². The van der Waals surface area contributed by atoms with Crippen molar-refractivity contribution in [2.45, 2.75) is 59.9 Å². The number of likely N-dealkylation sites (N-methyl/N-ethyl adjacent to an activating group) is 1. The van der Waals surface area contributed by atoms with Crippen LogP contribution in [0.25, 0.3) is 0 Å². The molecule has 104 valence electrons. The fourth-order valence-corrected chi connectivity index (χ4v) is 2.84. The summed E-state index contributed by atoms with van der Waals surface area (Å²) in [5.41, 5.74) is 1.72. The molecule has 2 atom stereocenters. The molecule has 0 spiro atoms. The second-order valence-corrected chi connectivity index (χ2v) is 6.70. The van der Waals surface area contributed by atoms with Gasteiger partial charge in [-0.2, -0.15) is 0 Å². The molecule has 2 heteroatoms. The summed E-state index contributed by atoms with van der Waals surface area (Å²) < 4.78 is 5.15. The van der Waals surface area contributed by atoms with Gasteiger partial charge < -0.3 is 9.73 Å². The van der Waals surface area contributed by atoms with Crippen LogP contribution in [-0.4, -0.2) is 12.6 Å². The standard InChI is InChI=1S/C16H29NO/c1-6-17-15(10-14-7-8-18-12-14)9-13(2)11-16(3,4)5/h7-8,12-13,15,17H,6,9-11H2,1-5H3. The van der Waals surface area contributed by atoms with Gasteiger partial charge in [0.2, 0.25) is 0 Å². The third-order valence-electron chi connectivity index (χ3n) is 3.20. The zero-order valence-electron chi connectivity index (χ0n) is 12.6. The molecule has 1 heterocycles. The van der Waals surface area contributed by atoms with Crippen molar-refractivity contribution in [3.05, 3.63) is 24.2 Å². The first-order valence-corrected chi connectivity index (χ1v) is 7.15. The molecule has 1 aromatic rings. The third-order valence-corrected chi connectivity index (χ3v) is 3.20. The average molecular weight is 251 g/mol. The summed E-state index contributed by atoms with van der Waals surface area (Å²) in [7, 11) is 0. The van der Waals surface area contributed by atoms with Crippen molar-refractivity contribution in [3.63, 3.8) is 0 Å². The van der Waals surface area contributed by atoms with Crippen molar-refractivity contribution in [1.82, 2.24) is 5.32 Å². The van der Waals surface area contributed by atoms with Crippen LogP contribution in [0.4, 0.5) is 0 Å². The molecule has 18 heavy (non-hydrogen) atoms. The molecule has 0 radical (unpaired) electrons. The summed E-state index contributed by atoms with van der Waals surface area (Å²) in [4.78, 5) is 0. The second kappa shape index (κ2) is 6.98. The monoisotopic (exact) mass is 251 g/mol. The topological polar surface area (TPSA) is 25.2 Å². The molecule has 2 unspecified atom stereocenters. The van der Waals surface area contributed by atoms with Crippen molar-refractivity contribution in [3.8, 4) is 0 Å². The van der Waals surface area contributed by atoms with E-state index in [1.54, 1.807) is 6.26 Å². The first-order valence-electron chi connectivity index (χ1n) is 7.15. The zero-order chi connectivity index (χ0) is 13.6. The Hall–Kier alpha value is -0.760. The second-order valence-electron chi connectivity index (χ2n) is 6.70. The first kappa shape index (κ1) is 15.3. The molecular weight excluding hydrogens is 222 g/mol. The van der Waals surface area contributed by atoms with Gasteiger partial charge in [-0.15, -0.1) is 0 Å². The third kappa shape index (κ3) is 6.25. The minimum Gasteiger partial charge on any atom is -0.472 e. The number of hydrogen-bond donors (Lipinski definition) is 1. The van der Waals surface area contributed by atoms with Crippen LogP contribution in [0.3, 0.4) is 0 Å². The Morgan fingerprint density at radius 1 is 1.33 bits per heavy atom. The first-order chi connectivity index (χ1) is 8.40. The molecule has 1 rings (SSSR count). The van der Waals surface area contributed by atoms with E-state index in [1.807, 2.05) is 6.26 Å². The summed E-state index contributed by atoms with van der Waals surface area (Å²) in [6.45, 7) is 12.5. The van der Waals surface area contributed by atoms with Crippen molar-refractivity contribution in [1.29, 1.82) is 0 Å². The maximum Gasteiger partial charge on any atom is 0.0935 e. The van der Waals surface area contributed by atoms with Crippen LogP contribution in [0.2, 0.25) is 0 Å². The highest BCUT2D eigenvalue weighted by Crippen LogP contribution is 2.27.